The van der Waals surface area contributed by atoms with Crippen molar-refractivity contribution in [2.45, 2.75) is 6.92 Å². The lowest BCUT2D eigenvalue weighted by Crippen LogP contribution is -2.04. The molecule has 0 spiro atoms. The van der Waals surface area contributed by atoms with E-state index in [0.29, 0.717) is 23.1 Å². The highest BCUT2D eigenvalue weighted by Crippen LogP contribution is 2.28. The molecule has 0 aliphatic carbocycles. The van der Waals surface area contributed by atoms with Gasteiger partial charge >= 0.3 is 0 Å². The van der Waals surface area contributed by atoms with Crippen LogP contribution in [0.3, 0.4) is 0 Å². The van der Waals surface area contributed by atoms with Gasteiger partial charge in [-0.15, -0.1) is 0 Å². The second-order valence-electron chi connectivity index (χ2n) is 6.53. The third-order valence-electron chi connectivity index (χ3n) is 4.65. The van der Waals surface area contributed by atoms with Crippen LogP contribution in [0.25, 0.3) is 22.3 Å². The Bertz CT molecular complexity index is 1210. The van der Waals surface area contributed by atoms with Gasteiger partial charge in [0.05, 0.1) is 25.4 Å². The number of nitrogens with zero attached hydrogens (tertiary/aromatic N) is 4. The average molecular weight is 399 g/mol. The van der Waals surface area contributed by atoms with Crippen LogP contribution in [-0.4, -0.2) is 34.9 Å². The Labute approximate surface area is 174 Å². The van der Waals surface area contributed by atoms with Crippen molar-refractivity contribution in [1.82, 2.24) is 15.0 Å². The topological polar surface area (TPSA) is 81.5 Å². The first kappa shape index (κ1) is 19.3. The molecular weight excluding hydrogens is 378 g/mol. The predicted molar refractivity (Wildman–Crippen MR) is 118 cm³/mol. The van der Waals surface area contributed by atoms with Crippen LogP contribution < -0.4 is 14.9 Å². The van der Waals surface area contributed by atoms with Crippen LogP contribution in [-0.2, 0) is 0 Å². The van der Waals surface area contributed by atoms with Gasteiger partial charge < -0.3 is 9.47 Å². The van der Waals surface area contributed by atoms with Crippen molar-refractivity contribution in [3.8, 4) is 22.9 Å². The van der Waals surface area contributed by atoms with E-state index in [2.05, 4.69) is 25.5 Å². The summed E-state index contributed by atoms with van der Waals surface area (Å²) in [5.74, 6) is 2.53. The van der Waals surface area contributed by atoms with E-state index in [1.165, 1.54) is 0 Å². The first-order valence-electron chi connectivity index (χ1n) is 9.39. The van der Waals surface area contributed by atoms with Gasteiger partial charge in [-0.3, -0.25) is 10.4 Å². The zero-order chi connectivity index (χ0) is 20.9. The highest BCUT2D eigenvalue weighted by atomic mass is 16.5. The molecule has 0 atom stereocenters. The molecule has 2 aromatic heterocycles. The molecule has 150 valence electrons. The number of hydrazone groups is 1. The normalized spacial score (nSPS) is 11.4. The molecular formula is C23H21N5O2. The molecule has 2 heterocycles. The zero-order valence-corrected chi connectivity index (χ0v) is 17.0. The van der Waals surface area contributed by atoms with Crippen molar-refractivity contribution in [1.29, 1.82) is 0 Å². The molecule has 7 nitrogen and oxygen atoms in total. The molecule has 0 fully saturated rings. The summed E-state index contributed by atoms with van der Waals surface area (Å²) in [6, 6.07) is 17.3. The lowest BCUT2D eigenvalue weighted by molar-refractivity contribution is 0.355. The summed E-state index contributed by atoms with van der Waals surface area (Å²) in [5.41, 5.74) is 6.46. The van der Waals surface area contributed by atoms with Gasteiger partial charge in [-0.2, -0.15) is 5.10 Å². The number of hydrogen-bond acceptors (Lipinski definition) is 7. The fourth-order valence-electron chi connectivity index (χ4n) is 3.05. The van der Waals surface area contributed by atoms with Crippen LogP contribution in [0, 0.1) is 0 Å². The summed E-state index contributed by atoms with van der Waals surface area (Å²) in [6.45, 7) is 1.92. The molecule has 2 aromatic carbocycles. The summed E-state index contributed by atoms with van der Waals surface area (Å²) < 4.78 is 10.7. The second-order valence-corrected chi connectivity index (χ2v) is 6.53. The van der Waals surface area contributed by atoms with E-state index in [0.717, 1.165) is 27.7 Å². The van der Waals surface area contributed by atoms with E-state index in [1.807, 2.05) is 61.5 Å². The molecule has 0 radical (unpaired) electrons. The smallest absolute Gasteiger partial charge is 0.163 e. The number of aromatic nitrogens is 3. The monoisotopic (exact) mass is 399 g/mol. The van der Waals surface area contributed by atoms with Gasteiger partial charge in [0, 0.05) is 28.9 Å². The number of fused-ring (bicyclic) bond motifs is 1. The maximum absolute atomic E-state index is 5.39. The van der Waals surface area contributed by atoms with Gasteiger partial charge in [0.25, 0.3) is 0 Å². The number of hydrogen-bond donors (Lipinski definition) is 1. The van der Waals surface area contributed by atoms with Gasteiger partial charge in [-0.1, -0.05) is 12.1 Å². The highest BCUT2D eigenvalue weighted by Gasteiger charge is 2.10. The van der Waals surface area contributed by atoms with E-state index < -0.39 is 0 Å². The minimum atomic E-state index is 0.586. The molecule has 1 N–H and O–H groups in total. The molecule has 0 aliphatic heterocycles. The molecule has 4 aromatic rings. The molecule has 0 aliphatic rings. The maximum atomic E-state index is 5.39. The van der Waals surface area contributed by atoms with Gasteiger partial charge in [0.15, 0.2) is 23.1 Å². The summed E-state index contributed by atoms with van der Waals surface area (Å²) in [7, 11) is 3.22. The van der Waals surface area contributed by atoms with Crippen molar-refractivity contribution in [2.75, 3.05) is 19.6 Å². The van der Waals surface area contributed by atoms with Crippen molar-refractivity contribution in [3.63, 3.8) is 0 Å². The van der Waals surface area contributed by atoms with Crippen molar-refractivity contribution in [2.24, 2.45) is 5.10 Å². The van der Waals surface area contributed by atoms with E-state index >= 15 is 0 Å². The minimum Gasteiger partial charge on any atom is -0.493 e. The standard InChI is InChI=1S/C23H21N5O2/c1-15(16-10-11-20(29-2)21(13-16)30-3)27-28-23-18-8-4-5-9-19(18)25-22(26-23)17-7-6-12-24-14-17/h4-14H,1-3H3,(H,25,26,28). The molecule has 7 heteroatoms. The molecule has 0 saturated heterocycles. The first-order valence-corrected chi connectivity index (χ1v) is 9.39. The third-order valence-corrected chi connectivity index (χ3v) is 4.65. The minimum absolute atomic E-state index is 0.586. The maximum Gasteiger partial charge on any atom is 0.163 e. The molecule has 30 heavy (non-hydrogen) atoms. The van der Waals surface area contributed by atoms with E-state index in [-0.39, 0.29) is 0 Å². The Balaban J connectivity index is 1.71. The Kier molecular flexibility index (Phi) is 5.52. The van der Waals surface area contributed by atoms with Crippen LogP contribution in [0.1, 0.15) is 12.5 Å². The van der Waals surface area contributed by atoms with Crippen LogP contribution >= 0.6 is 0 Å². The molecule has 0 bridgehead atoms. The van der Waals surface area contributed by atoms with Crippen LogP contribution in [0.4, 0.5) is 5.82 Å². The summed E-state index contributed by atoms with van der Waals surface area (Å²) >= 11 is 0. The molecule has 4 rings (SSSR count). The van der Waals surface area contributed by atoms with Crippen LogP contribution in [0.5, 0.6) is 11.5 Å². The fourth-order valence-corrected chi connectivity index (χ4v) is 3.05. The molecule has 0 unspecified atom stereocenters. The largest absolute Gasteiger partial charge is 0.493 e. The summed E-state index contributed by atoms with van der Waals surface area (Å²) in [5, 5.41) is 5.43. The number of anilines is 1. The Morgan fingerprint density at radius 1 is 0.933 bits per heavy atom. The van der Waals surface area contributed by atoms with Crippen molar-refractivity contribution >= 4 is 22.4 Å². The summed E-state index contributed by atoms with van der Waals surface area (Å²) in [4.78, 5) is 13.5. The number of ether oxygens (including phenoxy) is 2. The number of nitrogens with one attached hydrogen (secondary N) is 1. The number of benzene rings is 2. The number of pyridine rings is 1. The SMILES string of the molecule is COc1ccc(C(C)=NNc2nc(-c3cccnc3)nc3ccccc23)cc1OC. The predicted octanol–water partition coefficient (Wildman–Crippen LogP) is 4.55. The van der Waals surface area contributed by atoms with Gasteiger partial charge in [-0.05, 0) is 49.4 Å². The van der Waals surface area contributed by atoms with E-state index in [1.54, 1.807) is 26.6 Å². The van der Waals surface area contributed by atoms with Crippen LogP contribution in [0.15, 0.2) is 72.1 Å². The Morgan fingerprint density at radius 2 is 1.77 bits per heavy atom. The zero-order valence-electron chi connectivity index (χ0n) is 17.0. The Morgan fingerprint density at radius 3 is 2.53 bits per heavy atom. The number of methoxy groups -OCH3 is 2. The average Bonchev–Trinajstić information content (AvgIpc) is 2.82. The second kappa shape index (κ2) is 8.57. The van der Waals surface area contributed by atoms with Crippen LogP contribution in [0.2, 0.25) is 0 Å². The quantitative estimate of drug-likeness (QED) is 0.378. The third kappa shape index (κ3) is 3.91. The van der Waals surface area contributed by atoms with Gasteiger partial charge in [-0.25, -0.2) is 9.97 Å². The fraction of sp³-hybridized carbons (Fsp3) is 0.130. The number of para-hydroxylation sites is 1. The number of rotatable bonds is 6. The van der Waals surface area contributed by atoms with E-state index in [4.69, 9.17) is 9.47 Å². The first-order chi connectivity index (χ1) is 14.7. The lowest BCUT2D eigenvalue weighted by atomic mass is 10.1. The van der Waals surface area contributed by atoms with Gasteiger partial charge in [0.2, 0.25) is 0 Å². The molecule has 0 amide bonds. The van der Waals surface area contributed by atoms with Crippen molar-refractivity contribution in [3.05, 3.63) is 72.6 Å². The highest BCUT2D eigenvalue weighted by molar-refractivity contribution is 6.00. The Hall–Kier alpha value is -4.00. The van der Waals surface area contributed by atoms with E-state index in [9.17, 15) is 0 Å². The lowest BCUT2D eigenvalue weighted by Gasteiger charge is -2.11. The summed E-state index contributed by atoms with van der Waals surface area (Å²) in [6.07, 6.45) is 3.46. The molecule has 0 saturated carbocycles. The van der Waals surface area contributed by atoms with Crippen molar-refractivity contribution < 1.29 is 9.47 Å². The van der Waals surface area contributed by atoms with Gasteiger partial charge in [0.1, 0.15) is 0 Å².